The molecule has 0 bridgehead atoms. The van der Waals surface area contributed by atoms with Crippen LogP contribution in [0.5, 0.6) is 5.75 Å². The van der Waals surface area contributed by atoms with Crippen molar-refractivity contribution in [2.24, 2.45) is 0 Å². The minimum Gasteiger partial charge on any atom is -0.484 e. The van der Waals surface area contributed by atoms with Crippen molar-refractivity contribution in [2.45, 2.75) is 32.6 Å². The Kier molecular flexibility index (Phi) is 7.21. The van der Waals surface area contributed by atoms with Gasteiger partial charge in [0.2, 0.25) is 0 Å². The Balaban J connectivity index is 1.59. The highest BCUT2D eigenvalue weighted by atomic mass is 32.1. The third-order valence-corrected chi connectivity index (χ3v) is 4.67. The highest BCUT2D eigenvalue weighted by molar-refractivity contribution is 7.12. The zero-order chi connectivity index (χ0) is 19.0. The molecule has 1 aromatic carbocycles. The molecular formula is C20H26N2O3S. The van der Waals surface area contributed by atoms with Gasteiger partial charge in [0.1, 0.15) is 5.75 Å². The van der Waals surface area contributed by atoms with Crippen LogP contribution in [-0.4, -0.2) is 31.5 Å². The summed E-state index contributed by atoms with van der Waals surface area (Å²) in [6, 6.07) is 11.4. The van der Waals surface area contributed by atoms with Gasteiger partial charge in [-0.05, 0) is 41.0 Å². The molecule has 26 heavy (non-hydrogen) atoms. The zero-order valence-corrected chi connectivity index (χ0v) is 16.3. The van der Waals surface area contributed by atoms with Gasteiger partial charge in [-0.3, -0.25) is 9.59 Å². The average molecular weight is 375 g/mol. The van der Waals surface area contributed by atoms with Gasteiger partial charge in [-0.2, -0.15) is 0 Å². The summed E-state index contributed by atoms with van der Waals surface area (Å²) in [6.07, 6.45) is 0.670. The normalized spacial score (nSPS) is 11.0. The number of ether oxygens (including phenoxy) is 1. The minimum atomic E-state index is -0.172. The summed E-state index contributed by atoms with van der Waals surface area (Å²) in [4.78, 5) is 24.2. The van der Waals surface area contributed by atoms with Crippen LogP contribution in [0, 0.1) is 0 Å². The molecule has 2 N–H and O–H groups in total. The van der Waals surface area contributed by atoms with E-state index in [0.717, 1.165) is 0 Å². The van der Waals surface area contributed by atoms with Gasteiger partial charge < -0.3 is 15.4 Å². The van der Waals surface area contributed by atoms with Crippen molar-refractivity contribution in [1.82, 2.24) is 10.6 Å². The summed E-state index contributed by atoms with van der Waals surface area (Å²) in [6.45, 7) is 7.45. The smallest absolute Gasteiger partial charge is 0.261 e. The number of nitrogens with one attached hydrogen (secondary N) is 2. The van der Waals surface area contributed by atoms with Crippen LogP contribution in [0.2, 0.25) is 0 Å². The first-order chi connectivity index (χ1) is 12.4. The fourth-order valence-electron chi connectivity index (χ4n) is 2.26. The van der Waals surface area contributed by atoms with Gasteiger partial charge in [-0.1, -0.05) is 39.0 Å². The maximum absolute atomic E-state index is 11.8. The molecule has 0 spiro atoms. The third kappa shape index (κ3) is 6.52. The van der Waals surface area contributed by atoms with Gasteiger partial charge in [0, 0.05) is 13.1 Å². The number of hydrogen-bond acceptors (Lipinski definition) is 4. The van der Waals surface area contributed by atoms with E-state index in [1.165, 1.54) is 16.9 Å². The first-order valence-corrected chi connectivity index (χ1v) is 9.56. The second kappa shape index (κ2) is 9.38. The average Bonchev–Trinajstić information content (AvgIpc) is 3.14. The molecular weight excluding hydrogens is 348 g/mol. The van der Waals surface area contributed by atoms with E-state index in [0.29, 0.717) is 30.1 Å². The van der Waals surface area contributed by atoms with Crippen molar-refractivity contribution in [2.75, 3.05) is 19.7 Å². The monoisotopic (exact) mass is 374 g/mol. The van der Waals surface area contributed by atoms with E-state index < -0.39 is 0 Å². The van der Waals surface area contributed by atoms with Crippen LogP contribution in [-0.2, 0) is 10.2 Å². The van der Waals surface area contributed by atoms with E-state index in [1.54, 1.807) is 6.07 Å². The minimum absolute atomic E-state index is 0.0174. The Morgan fingerprint density at radius 3 is 2.35 bits per heavy atom. The van der Waals surface area contributed by atoms with Gasteiger partial charge in [0.15, 0.2) is 6.61 Å². The van der Waals surface area contributed by atoms with Crippen LogP contribution >= 0.6 is 11.3 Å². The lowest BCUT2D eigenvalue weighted by atomic mass is 9.87. The highest BCUT2D eigenvalue weighted by Gasteiger charge is 2.13. The quantitative estimate of drug-likeness (QED) is 0.696. The van der Waals surface area contributed by atoms with Crippen molar-refractivity contribution < 1.29 is 14.3 Å². The molecule has 0 aliphatic rings. The maximum atomic E-state index is 11.8. The van der Waals surface area contributed by atoms with Crippen LogP contribution in [0.1, 0.15) is 42.4 Å². The molecule has 2 aromatic rings. The van der Waals surface area contributed by atoms with E-state index in [-0.39, 0.29) is 23.8 Å². The summed E-state index contributed by atoms with van der Waals surface area (Å²) < 4.78 is 5.50. The van der Waals surface area contributed by atoms with Crippen LogP contribution in [0.4, 0.5) is 0 Å². The van der Waals surface area contributed by atoms with E-state index in [4.69, 9.17) is 4.74 Å². The van der Waals surface area contributed by atoms with E-state index in [9.17, 15) is 9.59 Å². The molecule has 2 amide bonds. The molecule has 0 saturated carbocycles. The Morgan fingerprint density at radius 1 is 1.04 bits per heavy atom. The van der Waals surface area contributed by atoms with Crippen molar-refractivity contribution in [3.05, 3.63) is 52.2 Å². The van der Waals surface area contributed by atoms with Gasteiger partial charge in [0.05, 0.1) is 4.88 Å². The topological polar surface area (TPSA) is 67.4 Å². The van der Waals surface area contributed by atoms with Gasteiger partial charge in [0.25, 0.3) is 11.8 Å². The summed E-state index contributed by atoms with van der Waals surface area (Å²) in [7, 11) is 0. The molecule has 0 radical (unpaired) electrons. The Morgan fingerprint density at radius 2 is 1.73 bits per heavy atom. The van der Waals surface area contributed by atoms with Crippen molar-refractivity contribution in [3.63, 3.8) is 0 Å². The predicted molar refractivity (Wildman–Crippen MR) is 105 cm³/mol. The fourth-order valence-corrected chi connectivity index (χ4v) is 2.90. The molecule has 6 heteroatoms. The molecule has 0 atom stereocenters. The summed E-state index contributed by atoms with van der Waals surface area (Å²) in [5, 5.41) is 7.47. The second-order valence-electron chi connectivity index (χ2n) is 7.00. The number of carbonyl (C=O) groups is 2. The molecule has 0 unspecified atom stereocenters. The fraction of sp³-hybridized carbons (Fsp3) is 0.400. The van der Waals surface area contributed by atoms with E-state index >= 15 is 0 Å². The molecule has 0 fully saturated rings. The number of thiophene rings is 1. The number of rotatable bonds is 8. The third-order valence-electron chi connectivity index (χ3n) is 3.80. The van der Waals surface area contributed by atoms with Gasteiger partial charge in [-0.25, -0.2) is 0 Å². The van der Waals surface area contributed by atoms with Crippen molar-refractivity contribution in [3.8, 4) is 5.75 Å². The van der Waals surface area contributed by atoms with E-state index in [1.807, 2.05) is 35.7 Å². The number of hydrogen-bond donors (Lipinski definition) is 2. The van der Waals surface area contributed by atoms with Gasteiger partial charge >= 0.3 is 0 Å². The second-order valence-corrected chi connectivity index (χ2v) is 7.95. The summed E-state index contributed by atoms with van der Waals surface area (Å²) in [5.41, 5.74) is 1.31. The number of carbonyl (C=O) groups excluding carboxylic acids is 2. The lowest BCUT2D eigenvalue weighted by Crippen LogP contribution is -2.32. The summed E-state index contributed by atoms with van der Waals surface area (Å²) in [5.74, 6) is 0.430. The molecule has 0 aliphatic carbocycles. The SMILES string of the molecule is CC(C)(C)c1ccc(OCC(=O)NCCCNC(=O)c2cccs2)cc1. The molecule has 140 valence electrons. The van der Waals surface area contributed by atoms with E-state index in [2.05, 4.69) is 31.4 Å². The Labute approximate surface area is 158 Å². The largest absolute Gasteiger partial charge is 0.484 e. The highest BCUT2D eigenvalue weighted by Crippen LogP contribution is 2.24. The first kappa shape index (κ1) is 20.0. The van der Waals surface area contributed by atoms with Crippen LogP contribution in [0.15, 0.2) is 41.8 Å². The zero-order valence-electron chi connectivity index (χ0n) is 15.5. The lowest BCUT2D eigenvalue weighted by molar-refractivity contribution is -0.123. The molecule has 0 saturated heterocycles. The Bertz CT molecular complexity index is 704. The van der Waals surface area contributed by atoms with Crippen LogP contribution in [0.3, 0.4) is 0 Å². The molecule has 5 nitrogen and oxygen atoms in total. The number of benzene rings is 1. The Hall–Kier alpha value is -2.34. The molecule has 2 rings (SSSR count). The van der Waals surface area contributed by atoms with Gasteiger partial charge in [-0.15, -0.1) is 11.3 Å². The maximum Gasteiger partial charge on any atom is 0.261 e. The molecule has 1 heterocycles. The number of amides is 2. The van der Waals surface area contributed by atoms with Crippen molar-refractivity contribution >= 4 is 23.2 Å². The first-order valence-electron chi connectivity index (χ1n) is 8.68. The molecule has 1 aromatic heterocycles. The lowest BCUT2D eigenvalue weighted by Gasteiger charge is -2.19. The van der Waals surface area contributed by atoms with Crippen LogP contribution in [0.25, 0.3) is 0 Å². The standard InChI is InChI=1S/C20H26N2O3S/c1-20(2,3)15-7-9-16(10-8-15)25-14-18(23)21-11-5-12-22-19(24)17-6-4-13-26-17/h4,6-10,13H,5,11-12,14H2,1-3H3,(H,21,23)(H,22,24). The predicted octanol–water partition coefficient (Wildman–Crippen LogP) is 3.36. The summed E-state index contributed by atoms with van der Waals surface area (Å²) >= 11 is 1.41. The van der Waals surface area contributed by atoms with Crippen LogP contribution < -0.4 is 15.4 Å². The molecule has 0 aliphatic heterocycles. The van der Waals surface area contributed by atoms with Crippen molar-refractivity contribution in [1.29, 1.82) is 0 Å².